The molecule has 0 radical (unpaired) electrons. The van der Waals surface area contributed by atoms with Crippen molar-refractivity contribution in [3.63, 3.8) is 0 Å². The number of halogens is 4. The summed E-state index contributed by atoms with van der Waals surface area (Å²) in [5, 5.41) is 20.3. The number of methoxy groups -OCH3 is 1. The lowest BCUT2D eigenvalue weighted by atomic mass is 10.0. The van der Waals surface area contributed by atoms with Crippen LogP contribution in [0.5, 0.6) is 5.75 Å². The van der Waals surface area contributed by atoms with E-state index in [-0.39, 0.29) is 18.7 Å². The topological polar surface area (TPSA) is 109 Å². The second-order valence-electron chi connectivity index (χ2n) is 5.94. The summed E-state index contributed by atoms with van der Waals surface area (Å²) < 4.78 is 43.2. The number of rotatable bonds is 7. The lowest BCUT2D eigenvalue weighted by molar-refractivity contribution is -0.146. The number of pyridine rings is 1. The van der Waals surface area contributed by atoms with Crippen LogP contribution in [-0.4, -0.2) is 40.3 Å². The highest BCUT2D eigenvalue weighted by Crippen LogP contribution is 2.31. The number of hydrogen-bond acceptors (Lipinski definition) is 5. The van der Waals surface area contributed by atoms with Crippen molar-refractivity contribution in [2.24, 2.45) is 0 Å². The number of aliphatic hydroxyl groups is 1. The fraction of sp³-hybridized carbons (Fsp3) is 0.278. The molecule has 2 rings (SSSR count). The highest BCUT2D eigenvalue weighted by molar-refractivity contribution is 6.33. The van der Waals surface area contributed by atoms with Crippen molar-refractivity contribution in [1.82, 2.24) is 10.3 Å². The number of carbonyl (C=O) groups is 2. The Kier molecular flexibility index (Phi) is 7.04. The van der Waals surface area contributed by atoms with E-state index >= 15 is 0 Å². The van der Waals surface area contributed by atoms with Gasteiger partial charge in [0.15, 0.2) is 6.10 Å². The van der Waals surface area contributed by atoms with Crippen LogP contribution in [0, 0.1) is 0 Å². The first-order valence-electron chi connectivity index (χ1n) is 8.10. The number of carbonyl (C=O) groups excluding carboxylic acids is 1. The van der Waals surface area contributed by atoms with Crippen LogP contribution in [0.1, 0.15) is 27.2 Å². The van der Waals surface area contributed by atoms with Crippen LogP contribution >= 0.6 is 11.6 Å². The van der Waals surface area contributed by atoms with Gasteiger partial charge >= 0.3 is 12.1 Å². The van der Waals surface area contributed by atoms with Crippen LogP contribution in [0.3, 0.4) is 0 Å². The Morgan fingerprint density at radius 1 is 1.31 bits per heavy atom. The van der Waals surface area contributed by atoms with E-state index in [2.05, 4.69) is 10.3 Å². The number of carboxylic acids is 1. The largest absolute Gasteiger partial charge is 0.496 e. The zero-order valence-corrected chi connectivity index (χ0v) is 15.7. The van der Waals surface area contributed by atoms with Gasteiger partial charge in [-0.25, -0.2) is 9.78 Å². The Morgan fingerprint density at radius 3 is 2.55 bits per heavy atom. The minimum absolute atomic E-state index is 0.0992. The van der Waals surface area contributed by atoms with Gasteiger partial charge in [0.2, 0.25) is 0 Å². The Balaban J connectivity index is 2.16. The number of nitrogens with one attached hydrogen (secondary N) is 1. The Hall–Kier alpha value is -2.85. The maximum absolute atomic E-state index is 12.7. The van der Waals surface area contributed by atoms with Crippen molar-refractivity contribution >= 4 is 23.5 Å². The highest BCUT2D eigenvalue weighted by atomic mass is 35.5. The van der Waals surface area contributed by atoms with E-state index in [0.717, 1.165) is 0 Å². The van der Waals surface area contributed by atoms with Crippen LogP contribution in [-0.2, 0) is 23.9 Å². The molecular formula is C18H16ClF3N2O5. The third-order valence-electron chi connectivity index (χ3n) is 3.88. The van der Waals surface area contributed by atoms with Crippen LogP contribution < -0.4 is 10.1 Å². The monoisotopic (exact) mass is 432 g/mol. The zero-order valence-electron chi connectivity index (χ0n) is 15.0. The first-order valence-corrected chi connectivity index (χ1v) is 8.48. The highest BCUT2D eigenvalue weighted by Gasteiger charge is 2.32. The number of ether oxygens (including phenoxy) is 1. The minimum Gasteiger partial charge on any atom is -0.496 e. The molecule has 29 heavy (non-hydrogen) atoms. The minimum atomic E-state index is -4.64. The average Bonchev–Trinajstić information content (AvgIpc) is 2.65. The molecule has 3 N–H and O–H groups in total. The molecule has 7 nitrogen and oxygen atoms in total. The fourth-order valence-electron chi connectivity index (χ4n) is 2.43. The molecule has 0 bridgehead atoms. The first-order chi connectivity index (χ1) is 13.5. The summed E-state index contributed by atoms with van der Waals surface area (Å²) in [5.41, 5.74) is -0.517. The summed E-state index contributed by atoms with van der Waals surface area (Å²) >= 11 is 5.75. The maximum atomic E-state index is 12.7. The summed E-state index contributed by atoms with van der Waals surface area (Å²) in [7, 11) is 1.39. The van der Waals surface area contributed by atoms with Crippen LogP contribution in [0.2, 0.25) is 5.02 Å². The van der Waals surface area contributed by atoms with Gasteiger partial charge in [-0.05, 0) is 17.7 Å². The Bertz CT molecular complexity index is 921. The van der Waals surface area contributed by atoms with Crippen molar-refractivity contribution in [3.05, 3.63) is 57.9 Å². The number of nitrogens with zero attached hydrogens (tertiary/aromatic N) is 1. The standard InChI is InChI=1S/C18H16ClF3N2O5/c1-29-14-3-2-9(5-13(25)17(27)28)4-10(14)7-24-16(26)15-12(19)6-11(8-23-15)18(20,21)22/h2-4,6,8,13,25H,5,7H2,1H3,(H,24,26)(H,27,28). The molecule has 156 valence electrons. The molecule has 2 aromatic rings. The molecule has 1 aromatic carbocycles. The number of amides is 1. The van der Waals surface area contributed by atoms with Crippen molar-refractivity contribution in [3.8, 4) is 5.75 Å². The molecule has 1 amide bonds. The van der Waals surface area contributed by atoms with Crippen LogP contribution in [0.25, 0.3) is 0 Å². The van der Waals surface area contributed by atoms with Crippen LogP contribution in [0.15, 0.2) is 30.5 Å². The normalized spacial score (nSPS) is 12.3. The number of benzene rings is 1. The summed E-state index contributed by atoms with van der Waals surface area (Å²) in [6.07, 6.45) is -5.89. The lowest BCUT2D eigenvalue weighted by Crippen LogP contribution is -2.25. The quantitative estimate of drug-likeness (QED) is 0.620. The number of aliphatic hydroxyl groups excluding tert-OH is 1. The molecule has 0 aliphatic heterocycles. The molecule has 0 aliphatic rings. The average molecular weight is 433 g/mol. The van der Waals surface area contributed by atoms with E-state index in [1.165, 1.54) is 19.2 Å². The second-order valence-corrected chi connectivity index (χ2v) is 6.35. The number of aliphatic carboxylic acids is 1. The first kappa shape index (κ1) is 22.4. The molecular weight excluding hydrogens is 417 g/mol. The zero-order chi connectivity index (χ0) is 21.8. The van der Waals surface area contributed by atoms with E-state index in [9.17, 15) is 27.9 Å². The van der Waals surface area contributed by atoms with Gasteiger partial charge in [0, 0.05) is 24.7 Å². The van der Waals surface area contributed by atoms with Gasteiger partial charge in [-0.1, -0.05) is 23.7 Å². The molecule has 0 fully saturated rings. The summed E-state index contributed by atoms with van der Waals surface area (Å²) in [6, 6.07) is 5.24. The number of aromatic nitrogens is 1. The van der Waals surface area contributed by atoms with Gasteiger partial charge in [0.1, 0.15) is 11.4 Å². The third-order valence-corrected chi connectivity index (χ3v) is 4.17. The van der Waals surface area contributed by atoms with Crippen molar-refractivity contribution in [1.29, 1.82) is 0 Å². The predicted octanol–water partition coefficient (Wildman–Crippen LogP) is 2.68. The third kappa shape index (κ3) is 5.81. The summed E-state index contributed by atoms with van der Waals surface area (Å²) in [6.45, 7) is -0.0992. The van der Waals surface area contributed by atoms with E-state index < -0.39 is 34.7 Å². The van der Waals surface area contributed by atoms with Gasteiger partial charge in [-0.3, -0.25) is 4.79 Å². The van der Waals surface area contributed by atoms with E-state index in [4.69, 9.17) is 21.4 Å². The van der Waals surface area contributed by atoms with E-state index in [0.29, 0.717) is 29.1 Å². The molecule has 0 saturated carbocycles. The van der Waals surface area contributed by atoms with Gasteiger partial charge < -0.3 is 20.3 Å². The van der Waals surface area contributed by atoms with Gasteiger partial charge in [0.05, 0.1) is 17.7 Å². The van der Waals surface area contributed by atoms with E-state index in [1.807, 2.05) is 0 Å². The SMILES string of the molecule is COc1ccc(CC(O)C(=O)O)cc1CNC(=O)c1ncc(C(F)(F)F)cc1Cl. The molecule has 0 spiro atoms. The summed E-state index contributed by atoms with van der Waals surface area (Å²) in [5.74, 6) is -1.80. The predicted molar refractivity (Wildman–Crippen MR) is 95.8 cm³/mol. The molecule has 1 atom stereocenters. The van der Waals surface area contributed by atoms with Gasteiger partial charge in [-0.2, -0.15) is 13.2 Å². The van der Waals surface area contributed by atoms with Gasteiger partial charge in [0.25, 0.3) is 5.91 Å². The Morgan fingerprint density at radius 2 is 2.00 bits per heavy atom. The maximum Gasteiger partial charge on any atom is 0.417 e. The van der Waals surface area contributed by atoms with E-state index in [1.54, 1.807) is 6.07 Å². The number of alkyl halides is 3. The van der Waals surface area contributed by atoms with Crippen LogP contribution in [0.4, 0.5) is 13.2 Å². The molecule has 0 saturated heterocycles. The fourth-order valence-corrected chi connectivity index (χ4v) is 2.68. The molecule has 0 aliphatic carbocycles. The molecule has 1 unspecified atom stereocenters. The van der Waals surface area contributed by atoms with Crippen molar-refractivity contribution < 1.29 is 37.7 Å². The molecule has 1 heterocycles. The Labute approximate surface area is 168 Å². The molecule has 11 heteroatoms. The lowest BCUT2D eigenvalue weighted by Gasteiger charge is -2.13. The second kappa shape index (κ2) is 9.10. The summed E-state index contributed by atoms with van der Waals surface area (Å²) in [4.78, 5) is 26.5. The smallest absolute Gasteiger partial charge is 0.417 e. The van der Waals surface area contributed by atoms with Crippen molar-refractivity contribution in [2.45, 2.75) is 25.2 Å². The molecule has 1 aromatic heterocycles. The number of carboxylic acid groups (broad SMARTS) is 1. The van der Waals surface area contributed by atoms with Crippen molar-refractivity contribution in [2.75, 3.05) is 7.11 Å². The van der Waals surface area contributed by atoms with Gasteiger partial charge in [-0.15, -0.1) is 0 Å². The number of hydrogen-bond donors (Lipinski definition) is 3.